The predicted molar refractivity (Wildman–Crippen MR) is 100 cm³/mol. The third-order valence-corrected chi connectivity index (χ3v) is 5.77. The van der Waals surface area contributed by atoms with Gasteiger partial charge in [0.2, 0.25) is 0 Å². The molecular formula is C21H39N. The van der Waals surface area contributed by atoms with Gasteiger partial charge in [-0.05, 0) is 69.7 Å². The molecule has 4 unspecified atom stereocenters. The predicted octanol–water partition coefficient (Wildman–Crippen LogP) is 5.93. The van der Waals surface area contributed by atoms with Gasteiger partial charge in [0, 0.05) is 5.92 Å². The molecule has 22 heavy (non-hydrogen) atoms. The van der Waals surface area contributed by atoms with Gasteiger partial charge in [-0.1, -0.05) is 58.8 Å². The molecule has 128 valence electrons. The van der Waals surface area contributed by atoms with E-state index in [2.05, 4.69) is 66.6 Å². The van der Waals surface area contributed by atoms with Gasteiger partial charge in [0.15, 0.2) is 0 Å². The lowest BCUT2D eigenvalue weighted by Crippen LogP contribution is -2.22. The average molecular weight is 306 g/mol. The van der Waals surface area contributed by atoms with Crippen LogP contribution in [0.3, 0.4) is 0 Å². The third kappa shape index (κ3) is 4.47. The third-order valence-electron chi connectivity index (χ3n) is 5.77. The van der Waals surface area contributed by atoms with Crippen LogP contribution in [-0.2, 0) is 0 Å². The fraction of sp³-hybridized carbons (Fsp3) is 0.810. The van der Waals surface area contributed by atoms with Crippen molar-refractivity contribution in [2.24, 2.45) is 23.7 Å². The van der Waals surface area contributed by atoms with Crippen molar-refractivity contribution < 1.29 is 0 Å². The zero-order chi connectivity index (χ0) is 16.9. The lowest BCUT2D eigenvalue weighted by atomic mass is 9.78. The maximum Gasteiger partial charge on any atom is 0.00336 e. The van der Waals surface area contributed by atoms with Crippen LogP contribution in [0.15, 0.2) is 22.8 Å². The summed E-state index contributed by atoms with van der Waals surface area (Å²) in [5, 5.41) is 0. The van der Waals surface area contributed by atoms with Gasteiger partial charge in [-0.15, -0.1) is 0 Å². The summed E-state index contributed by atoms with van der Waals surface area (Å²) in [6, 6.07) is 0. The zero-order valence-electron chi connectivity index (χ0n) is 16.4. The molecule has 0 saturated heterocycles. The topological polar surface area (TPSA) is 3.24 Å². The number of hydrogen-bond acceptors (Lipinski definition) is 1. The van der Waals surface area contributed by atoms with Gasteiger partial charge in [0.05, 0.1) is 0 Å². The van der Waals surface area contributed by atoms with Gasteiger partial charge in [0.1, 0.15) is 0 Å². The quantitative estimate of drug-likeness (QED) is 0.510. The lowest BCUT2D eigenvalue weighted by Gasteiger charge is -2.28. The van der Waals surface area contributed by atoms with Gasteiger partial charge in [-0.2, -0.15) is 0 Å². The second-order valence-electron chi connectivity index (χ2n) is 7.63. The van der Waals surface area contributed by atoms with E-state index < -0.39 is 0 Å². The first-order valence-electron chi connectivity index (χ1n) is 9.47. The largest absolute Gasteiger partial charge is 0.309 e. The summed E-state index contributed by atoms with van der Waals surface area (Å²) in [7, 11) is 4.40. The highest BCUT2D eigenvalue weighted by Gasteiger charge is 2.33. The summed E-state index contributed by atoms with van der Waals surface area (Å²) in [6.07, 6.45) is 7.65. The Morgan fingerprint density at radius 3 is 1.91 bits per heavy atom. The summed E-state index contributed by atoms with van der Waals surface area (Å²) in [5.41, 5.74) is 5.17. The SMILES string of the molecule is CCC(C)C1=CC(C(C)CC)=C(C(C)CC)C1CCN(C)C. The molecule has 1 aliphatic carbocycles. The van der Waals surface area contributed by atoms with E-state index in [-0.39, 0.29) is 0 Å². The number of hydrogen-bond donors (Lipinski definition) is 0. The van der Waals surface area contributed by atoms with Crippen LogP contribution in [0.2, 0.25) is 0 Å². The first-order chi connectivity index (χ1) is 10.4. The monoisotopic (exact) mass is 305 g/mol. The molecule has 0 amide bonds. The molecule has 0 heterocycles. The Kier molecular flexibility index (Phi) is 7.89. The van der Waals surface area contributed by atoms with E-state index in [1.807, 2.05) is 0 Å². The Balaban J connectivity index is 3.20. The summed E-state index contributed by atoms with van der Waals surface area (Å²) < 4.78 is 0. The fourth-order valence-corrected chi connectivity index (χ4v) is 3.67. The highest BCUT2D eigenvalue weighted by molar-refractivity contribution is 5.45. The molecular weight excluding hydrogens is 266 g/mol. The molecule has 1 heteroatoms. The highest BCUT2D eigenvalue weighted by atomic mass is 15.0. The Labute approximate surface area is 139 Å². The lowest BCUT2D eigenvalue weighted by molar-refractivity contribution is 0.364. The minimum Gasteiger partial charge on any atom is -0.309 e. The van der Waals surface area contributed by atoms with Crippen LogP contribution in [0.1, 0.15) is 67.2 Å². The van der Waals surface area contributed by atoms with E-state index in [1.165, 1.54) is 32.2 Å². The van der Waals surface area contributed by atoms with Crippen molar-refractivity contribution in [2.75, 3.05) is 20.6 Å². The van der Waals surface area contributed by atoms with E-state index in [1.54, 1.807) is 16.7 Å². The summed E-state index contributed by atoms with van der Waals surface area (Å²) in [5.74, 6) is 2.82. The molecule has 0 spiro atoms. The van der Waals surface area contributed by atoms with Crippen molar-refractivity contribution in [1.29, 1.82) is 0 Å². The first-order valence-corrected chi connectivity index (χ1v) is 9.47. The summed E-state index contributed by atoms with van der Waals surface area (Å²) in [4.78, 5) is 2.34. The molecule has 0 aromatic heterocycles. The highest BCUT2D eigenvalue weighted by Crippen LogP contribution is 2.45. The van der Waals surface area contributed by atoms with Crippen LogP contribution >= 0.6 is 0 Å². The molecule has 0 fully saturated rings. The minimum absolute atomic E-state index is 0.691. The van der Waals surface area contributed by atoms with Gasteiger partial charge in [0.25, 0.3) is 0 Å². The van der Waals surface area contributed by atoms with E-state index in [9.17, 15) is 0 Å². The van der Waals surface area contributed by atoms with Crippen LogP contribution in [-0.4, -0.2) is 25.5 Å². The summed E-state index contributed by atoms with van der Waals surface area (Å²) >= 11 is 0. The van der Waals surface area contributed by atoms with E-state index in [0.717, 1.165) is 0 Å². The Morgan fingerprint density at radius 2 is 1.45 bits per heavy atom. The number of rotatable bonds is 9. The maximum atomic E-state index is 2.60. The van der Waals surface area contributed by atoms with Crippen LogP contribution in [0.5, 0.6) is 0 Å². The van der Waals surface area contributed by atoms with Gasteiger partial charge in [-0.25, -0.2) is 0 Å². The van der Waals surface area contributed by atoms with Crippen molar-refractivity contribution in [3.05, 3.63) is 22.8 Å². The number of allylic oxidation sites excluding steroid dienone is 4. The zero-order valence-corrected chi connectivity index (χ0v) is 16.4. The van der Waals surface area contributed by atoms with E-state index in [0.29, 0.717) is 23.7 Å². The van der Waals surface area contributed by atoms with Gasteiger partial charge >= 0.3 is 0 Å². The molecule has 0 aromatic rings. The normalized spacial score (nSPS) is 23.0. The molecule has 0 N–H and O–H groups in total. The Morgan fingerprint density at radius 1 is 0.909 bits per heavy atom. The molecule has 4 atom stereocenters. The van der Waals surface area contributed by atoms with E-state index >= 15 is 0 Å². The maximum absolute atomic E-state index is 2.60. The molecule has 1 rings (SSSR count). The van der Waals surface area contributed by atoms with Crippen molar-refractivity contribution >= 4 is 0 Å². The van der Waals surface area contributed by atoms with Crippen LogP contribution in [0.25, 0.3) is 0 Å². The van der Waals surface area contributed by atoms with Crippen molar-refractivity contribution in [3.63, 3.8) is 0 Å². The Hall–Kier alpha value is -0.560. The molecule has 0 aliphatic heterocycles. The van der Waals surface area contributed by atoms with Crippen LogP contribution in [0, 0.1) is 23.7 Å². The molecule has 1 nitrogen and oxygen atoms in total. The van der Waals surface area contributed by atoms with Crippen LogP contribution < -0.4 is 0 Å². The molecule has 0 saturated carbocycles. The number of nitrogens with zero attached hydrogens (tertiary/aromatic N) is 1. The minimum atomic E-state index is 0.691. The average Bonchev–Trinajstić information content (AvgIpc) is 2.89. The smallest absolute Gasteiger partial charge is 0.00336 e. The van der Waals surface area contributed by atoms with Gasteiger partial charge in [-0.3, -0.25) is 0 Å². The van der Waals surface area contributed by atoms with Gasteiger partial charge < -0.3 is 4.90 Å². The van der Waals surface area contributed by atoms with Crippen molar-refractivity contribution in [2.45, 2.75) is 67.2 Å². The van der Waals surface area contributed by atoms with Crippen LogP contribution in [0.4, 0.5) is 0 Å². The van der Waals surface area contributed by atoms with Crippen molar-refractivity contribution in [1.82, 2.24) is 4.90 Å². The molecule has 1 aliphatic rings. The first kappa shape index (κ1) is 19.5. The second-order valence-corrected chi connectivity index (χ2v) is 7.63. The van der Waals surface area contributed by atoms with Crippen molar-refractivity contribution in [3.8, 4) is 0 Å². The molecule has 0 radical (unpaired) electrons. The fourth-order valence-electron chi connectivity index (χ4n) is 3.67. The van der Waals surface area contributed by atoms with E-state index in [4.69, 9.17) is 0 Å². The Bertz CT molecular complexity index is 402. The standard InChI is InChI=1S/C21H39N/c1-9-15(4)19-14-20(16(5)10-2)21(17(6)11-3)18(19)12-13-22(7)8/h14-18H,9-13H2,1-8H3. The summed E-state index contributed by atoms with van der Waals surface area (Å²) in [6.45, 7) is 15.5. The second kappa shape index (κ2) is 8.91. The molecule has 0 bridgehead atoms. The molecule has 0 aromatic carbocycles.